The summed E-state index contributed by atoms with van der Waals surface area (Å²) in [6.07, 6.45) is 1.96. The van der Waals surface area contributed by atoms with Crippen molar-refractivity contribution in [3.63, 3.8) is 0 Å². The van der Waals surface area contributed by atoms with Crippen molar-refractivity contribution in [2.24, 2.45) is 11.7 Å². The number of phenols is 1. The van der Waals surface area contributed by atoms with Crippen LogP contribution in [0, 0.1) is 16.0 Å². The van der Waals surface area contributed by atoms with Crippen LogP contribution in [0.1, 0.15) is 30.9 Å². The number of nitro benzene ring substituents is 1. The lowest BCUT2D eigenvalue weighted by Gasteiger charge is -2.34. The smallest absolute Gasteiger partial charge is 0.273 e. The van der Waals surface area contributed by atoms with Crippen LogP contribution in [-0.2, 0) is 0 Å². The summed E-state index contributed by atoms with van der Waals surface area (Å²) >= 11 is 0. The average Bonchev–Trinajstić information content (AvgIpc) is 2.35. The van der Waals surface area contributed by atoms with E-state index in [1.165, 1.54) is 13.2 Å². The van der Waals surface area contributed by atoms with E-state index in [2.05, 4.69) is 0 Å². The van der Waals surface area contributed by atoms with Crippen molar-refractivity contribution >= 4 is 5.69 Å². The minimum Gasteiger partial charge on any atom is -0.504 e. The molecule has 20 heavy (non-hydrogen) atoms. The summed E-state index contributed by atoms with van der Waals surface area (Å²) in [5, 5.41) is 31.1. The maximum absolute atomic E-state index is 10.9. The Hall–Kier alpha value is -1.86. The summed E-state index contributed by atoms with van der Waals surface area (Å²) in [7, 11) is 1.30. The van der Waals surface area contributed by atoms with Crippen LogP contribution in [0.15, 0.2) is 12.1 Å². The molecule has 1 aromatic carbocycles. The Morgan fingerprint density at radius 2 is 2.15 bits per heavy atom. The van der Waals surface area contributed by atoms with Crippen LogP contribution in [0.5, 0.6) is 11.5 Å². The molecule has 2 atom stereocenters. The highest BCUT2D eigenvalue weighted by Crippen LogP contribution is 2.41. The van der Waals surface area contributed by atoms with Gasteiger partial charge >= 0.3 is 0 Å². The lowest BCUT2D eigenvalue weighted by atomic mass is 9.77. The van der Waals surface area contributed by atoms with E-state index < -0.39 is 17.1 Å². The fourth-order valence-corrected chi connectivity index (χ4v) is 2.39. The third-order valence-electron chi connectivity index (χ3n) is 3.88. The van der Waals surface area contributed by atoms with Gasteiger partial charge in [-0.05, 0) is 18.8 Å². The van der Waals surface area contributed by atoms with Crippen LogP contribution in [0.2, 0.25) is 0 Å². The molecule has 110 valence electrons. The van der Waals surface area contributed by atoms with Crippen molar-refractivity contribution < 1.29 is 19.9 Å². The van der Waals surface area contributed by atoms with E-state index in [9.17, 15) is 20.3 Å². The van der Waals surface area contributed by atoms with Crippen molar-refractivity contribution in [3.8, 4) is 11.5 Å². The van der Waals surface area contributed by atoms with Crippen LogP contribution in [0.3, 0.4) is 0 Å². The zero-order valence-corrected chi connectivity index (χ0v) is 11.2. The summed E-state index contributed by atoms with van der Waals surface area (Å²) in [5.41, 5.74) is 5.86. The van der Waals surface area contributed by atoms with Gasteiger partial charge in [-0.15, -0.1) is 0 Å². The molecule has 0 bridgehead atoms. The van der Waals surface area contributed by atoms with Gasteiger partial charge in [-0.1, -0.05) is 6.42 Å². The molecule has 0 unspecified atom stereocenters. The molecule has 0 amide bonds. The second kappa shape index (κ2) is 5.64. The SMILES string of the molecule is COc1cc([N+](=O)[O-])cc([C@H](N)[C@H](O)C2CCC2)c1O. The van der Waals surface area contributed by atoms with Crippen molar-refractivity contribution in [2.45, 2.75) is 31.4 Å². The molecule has 1 aromatic rings. The Bertz CT molecular complexity index is 516. The molecule has 0 spiro atoms. The molecule has 7 heteroatoms. The van der Waals surface area contributed by atoms with E-state index in [1.54, 1.807) is 0 Å². The first-order valence-electron chi connectivity index (χ1n) is 6.44. The third-order valence-corrected chi connectivity index (χ3v) is 3.88. The molecule has 0 heterocycles. The van der Waals surface area contributed by atoms with Crippen LogP contribution >= 0.6 is 0 Å². The highest BCUT2D eigenvalue weighted by Gasteiger charge is 2.33. The number of nitrogens with two attached hydrogens (primary N) is 1. The van der Waals surface area contributed by atoms with Gasteiger partial charge in [0.2, 0.25) is 0 Å². The zero-order chi connectivity index (χ0) is 14.9. The van der Waals surface area contributed by atoms with E-state index in [4.69, 9.17) is 10.5 Å². The first-order chi connectivity index (χ1) is 9.45. The van der Waals surface area contributed by atoms with Gasteiger partial charge in [0.1, 0.15) is 0 Å². The zero-order valence-electron chi connectivity index (χ0n) is 11.2. The molecule has 1 aliphatic carbocycles. The van der Waals surface area contributed by atoms with Crippen LogP contribution in [0.25, 0.3) is 0 Å². The third kappa shape index (κ3) is 2.54. The van der Waals surface area contributed by atoms with Gasteiger partial charge in [0, 0.05) is 11.6 Å². The van der Waals surface area contributed by atoms with Gasteiger partial charge in [-0.2, -0.15) is 0 Å². The predicted molar refractivity (Wildman–Crippen MR) is 71.6 cm³/mol. The molecule has 1 fully saturated rings. The van der Waals surface area contributed by atoms with Crippen molar-refractivity contribution in [2.75, 3.05) is 7.11 Å². The summed E-state index contributed by atoms with van der Waals surface area (Å²) in [6, 6.07) is 1.43. The fraction of sp³-hybridized carbons (Fsp3) is 0.538. The first kappa shape index (κ1) is 14.5. The lowest BCUT2D eigenvalue weighted by molar-refractivity contribution is -0.385. The molecule has 0 aromatic heterocycles. The Morgan fingerprint density at radius 1 is 1.50 bits per heavy atom. The second-order valence-electron chi connectivity index (χ2n) is 5.05. The lowest BCUT2D eigenvalue weighted by Crippen LogP contribution is -2.36. The molecule has 2 rings (SSSR count). The van der Waals surface area contributed by atoms with E-state index in [0.717, 1.165) is 25.3 Å². The summed E-state index contributed by atoms with van der Waals surface area (Å²) < 4.78 is 4.92. The molecule has 0 aliphatic heterocycles. The number of ether oxygens (including phenoxy) is 1. The second-order valence-corrected chi connectivity index (χ2v) is 5.05. The van der Waals surface area contributed by atoms with Gasteiger partial charge in [0.25, 0.3) is 5.69 Å². The summed E-state index contributed by atoms with van der Waals surface area (Å²) in [4.78, 5) is 10.3. The number of rotatable bonds is 5. The number of hydrogen-bond donors (Lipinski definition) is 3. The highest BCUT2D eigenvalue weighted by atomic mass is 16.6. The number of nitrogens with zero attached hydrogens (tertiary/aromatic N) is 1. The number of non-ortho nitro benzene ring substituents is 1. The summed E-state index contributed by atoms with van der Waals surface area (Å²) in [5.74, 6) is -0.205. The molecule has 1 aliphatic rings. The Kier molecular flexibility index (Phi) is 4.10. The van der Waals surface area contributed by atoms with Gasteiger partial charge < -0.3 is 20.7 Å². The molecule has 4 N–H and O–H groups in total. The van der Waals surface area contributed by atoms with E-state index in [1.807, 2.05) is 0 Å². The topological polar surface area (TPSA) is 119 Å². The molecule has 1 saturated carbocycles. The monoisotopic (exact) mass is 282 g/mol. The van der Waals surface area contributed by atoms with E-state index >= 15 is 0 Å². The highest BCUT2D eigenvalue weighted by molar-refractivity contribution is 5.54. The quantitative estimate of drug-likeness (QED) is 0.555. The van der Waals surface area contributed by atoms with E-state index in [-0.39, 0.29) is 28.7 Å². The minimum absolute atomic E-state index is 0.0227. The average molecular weight is 282 g/mol. The number of aromatic hydroxyl groups is 1. The maximum atomic E-state index is 10.9. The van der Waals surface area contributed by atoms with Crippen molar-refractivity contribution in [1.82, 2.24) is 0 Å². The van der Waals surface area contributed by atoms with Crippen molar-refractivity contribution in [1.29, 1.82) is 0 Å². The van der Waals surface area contributed by atoms with Gasteiger partial charge in [-0.3, -0.25) is 10.1 Å². The molecular weight excluding hydrogens is 264 g/mol. The Labute approximate surface area is 116 Å². The Balaban J connectivity index is 2.37. The largest absolute Gasteiger partial charge is 0.504 e. The van der Waals surface area contributed by atoms with Crippen molar-refractivity contribution in [3.05, 3.63) is 27.8 Å². The van der Waals surface area contributed by atoms with Gasteiger partial charge in [0.05, 0.1) is 30.2 Å². The maximum Gasteiger partial charge on any atom is 0.273 e. The standard InChI is InChI=1S/C13H18N2O5/c1-20-10-6-8(15(18)19)5-9(13(10)17)11(14)12(16)7-3-2-4-7/h5-7,11-12,16-17H,2-4,14H2,1H3/t11-,12+/m0/s1. The van der Waals surface area contributed by atoms with Crippen LogP contribution in [0.4, 0.5) is 5.69 Å². The number of nitro groups is 1. The Morgan fingerprint density at radius 3 is 2.60 bits per heavy atom. The van der Waals surface area contributed by atoms with Gasteiger partial charge in [0.15, 0.2) is 11.5 Å². The number of aliphatic hydroxyl groups excluding tert-OH is 1. The molecule has 7 nitrogen and oxygen atoms in total. The van der Waals surface area contributed by atoms with Crippen LogP contribution < -0.4 is 10.5 Å². The normalized spacial score (nSPS) is 18.1. The molecule has 0 saturated heterocycles. The minimum atomic E-state index is -0.880. The van der Waals surface area contributed by atoms with Crippen LogP contribution in [-0.4, -0.2) is 28.4 Å². The summed E-state index contributed by atoms with van der Waals surface area (Å²) in [6.45, 7) is 0. The number of aliphatic hydroxyl groups is 1. The number of hydrogen-bond acceptors (Lipinski definition) is 6. The van der Waals surface area contributed by atoms with Gasteiger partial charge in [-0.25, -0.2) is 0 Å². The number of methoxy groups -OCH3 is 1. The first-order valence-corrected chi connectivity index (χ1v) is 6.44. The molecular formula is C13H18N2O5. The number of benzene rings is 1. The predicted octanol–water partition coefficient (Wildman–Crippen LogP) is 1.47. The molecule has 0 radical (unpaired) electrons. The number of phenolic OH excluding ortho intramolecular Hbond substituents is 1. The fourth-order valence-electron chi connectivity index (χ4n) is 2.39. The van der Waals surface area contributed by atoms with E-state index in [0.29, 0.717) is 0 Å².